The van der Waals surface area contributed by atoms with E-state index in [2.05, 4.69) is 10.5 Å². The Morgan fingerprint density at radius 2 is 2.17 bits per heavy atom. The molecule has 10 heteroatoms. The maximum Gasteiger partial charge on any atom is 0.339 e. The maximum atomic E-state index is 11.5. The molecule has 3 atom stereocenters. The molecule has 0 aromatic rings. The van der Waals surface area contributed by atoms with Crippen LogP contribution in [0.2, 0.25) is 0 Å². The molecular weight excluding hydrogens is 322 g/mol. The quantitative estimate of drug-likeness (QED) is 0.0885. The molecule has 10 nitrogen and oxygen atoms in total. The number of rotatable bonds is 7. The van der Waals surface area contributed by atoms with E-state index < -0.39 is 30.2 Å². The molecule has 1 saturated heterocycles. The van der Waals surface area contributed by atoms with E-state index in [-0.39, 0.29) is 5.84 Å². The minimum atomic E-state index is -1.70. The summed E-state index contributed by atoms with van der Waals surface area (Å²) < 4.78 is 10.4. The van der Waals surface area contributed by atoms with E-state index in [1.807, 2.05) is 0 Å². The summed E-state index contributed by atoms with van der Waals surface area (Å²) in [5.74, 6) is -0.996. The van der Waals surface area contributed by atoms with Gasteiger partial charge in [0.2, 0.25) is 12.7 Å². The first-order chi connectivity index (χ1) is 11.2. The van der Waals surface area contributed by atoms with Gasteiger partial charge in [-0.3, -0.25) is 4.79 Å². The van der Waals surface area contributed by atoms with Gasteiger partial charge < -0.3 is 35.1 Å². The summed E-state index contributed by atoms with van der Waals surface area (Å²) in [7, 11) is 1.69. The molecule has 136 valence electrons. The summed E-state index contributed by atoms with van der Waals surface area (Å²) in [5, 5.41) is 33.1. The third kappa shape index (κ3) is 5.80. The molecule has 0 aromatic carbocycles. The van der Waals surface area contributed by atoms with Gasteiger partial charge in [0.15, 0.2) is 11.4 Å². The lowest BCUT2D eigenvalue weighted by Gasteiger charge is -2.25. The van der Waals surface area contributed by atoms with Crippen molar-refractivity contribution in [1.82, 2.24) is 10.2 Å². The van der Waals surface area contributed by atoms with Crippen LogP contribution in [0.25, 0.3) is 0 Å². The van der Waals surface area contributed by atoms with Gasteiger partial charge in [-0.1, -0.05) is 5.16 Å². The van der Waals surface area contributed by atoms with E-state index in [1.165, 1.54) is 26.1 Å². The Morgan fingerprint density at radius 3 is 2.71 bits per heavy atom. The average Bonchev–Trinajstić information content (AvgIpc) is 3.00. The second-order valence-electron chi connectivity index (χ2n) is 5.79. The highest BCUT2D eigenvalue weighted by molar-refractivity contribution is 5.98. The second-order valence-corrected chi connectivity index (χ2v) is 5.79. The van der Waals surface area contributed by atoms with E-state index in [1.54, 1.807) is 11.9 Å². The van der Waals surface area contributed by atoms with Gasteiger partial charge in [-0.05, 0) is 26.7 Å². The number of amidine groups is 1. The van der Waals surface area contributed by atoms with Crippen LogP contribution < -0.4 is 5.32 Å². The average molecular weight is 345 g/mol. The smallest absolute Gasteiger partial charge is 0.339 e. The van der Waals surface area contributed by atoms with E-state index in [4.69, 9.17) is 14.7 Å². The van der Waals surface area contributed by atoms with Crippen LogP contribution in [-0.2, 0) is 19.1 Å². The summed E-state index contributed by atoms with van der Waals surface area (Å²) in [5.41, 5.74) is -1.70. The van der Waals surface area contributed by atoms with E-state index in [0.717, 1.165) is 0 Å². The fourth-order valence-corrected chi connectivity index (χ4v) is 1.94. The van der Waals surface area contributed by atoms with Crippen molar-refractivity contribution in [2.45, 2.75) is 50.9 Å². The predicted octanol–water partition coefficient (Wildman–Crippen LogP) is -0.897. The first kappa shape index (κ1) is 19.9. The third-order valence-corrected chi connectivity index (χ3v) is 3.31. The molecule has 1 heterocycles. The molecule has 0 bridgehead atoms. The van der Waals surface area contributed by atoms with Crippen LogP contribution >= 0.6 is 0 Å². The van der Waals surface area contributed by atoms with Crippen molar-refractivity contribution < 1.29 is 34.5 Å². The topological polar surface area (TPSA) is 141 Å². The second kappa shape index (κ2) is 8.62. The summed E-state index contributed by atoms with van der Waals surface area (Å²) in [6, 6.07) is 0. The third-order valence-electron chi connectivity index (χ3n) is 3.31. The molecule has 0 radical (unpaired) electrons. The first-order valence-electron chi connectivity index (χ1n) is 7.28. The standard InChI is InChI=1S/C14H23N3O7/c1-14(2,21)13(20)24-12(19)9-4-5-11(23-9)17(3)7-6-10(16-22)15-8-18/h6-9,11-12,19,21-22H,4-5H2,1-3H3,(H,15,16,18)/b7-6-. The minimum absolute atomic E-state index is 0.0504. The van der Waals surface area contributed by atoms with Gasteiger partial charge in [-0.2, -0.15) is 0 Å². The molecule has 1 rings (SSSR count). The Morgan fingerprint density at radius 1 is 1.50 bits per heavy atom. The zero-order chi connectivity index (χ0) is 18.3. The molecule has 1 fully saturated rings. The van der Waals surface area contributed by atoms with E-state index in [9.17, 15) is 19.8 Å². The molecule has 1 amide bonds. The Labute approximate surface area is 139 Å². The zero-order valence-corrected chi connectivity index (χ0v) is 13.7. The molecule has 24 heavy (non-hydrogen) atoms. The van der Waals surface area contributed by atoms with E-state index >= 15 is 0 Å². The normalized spacial score (nSPS) is 23.1. The molecule has 0 spiro atoms. The predicted molar refractivity (Wildman–Crippen MR) is 81.6 cm³/mol. The van der Waals surface area contributed by atoms with Crippen molar-refractivity contribution in [2.75, 3.05) is 7.05 Å². The van der Waals surface area contributed by atoms with Crippen molar-refractivity contribution in [3.63, 3.8) is 0 Å². The van der Waals surface area contributed by atoms with Crippen LogP contribution in [0.15, 0.2) is 17.4 Å². The highest BCUT2D eigenvalue weighted by Crippen LogP contribution is 2.25. The summed E-state index contributed by atoms with van der Waals surface area (Å²) in [6.07, 6.45) is 1.62. The zero-order valence-electron chi connectivity index (χ0n) is 13.7. The molecule has 1 aliphatic rings. The number of nitrogens with one attached hydrogen (secondary N) is 1. The molecule has 3 unspecified atom stereocenters. The summed E-state index contributed by atoms with van der Waals surface area (Å²) in [6.45, 7) is 2.51. The largest absolute Gasteiger partial charge is 0.431 e. The van der Waals surface area contributed by atoms with Gasteiger partial charge in [0.1, 0.15) is 12.3 Å². The van der Waals surface area contributed by atoms with Crippen molar-refractivity contribution in [3.05, 3.63) is 12.3 Å². The van der Waals surface area contributed by atoms with Crippen LogP contribution in [0.1, 0.15) is 26.7 Å². The van der Waals surface area contributed by atoms with Crippen LogP contribution in [0.3, 0.4) is 0 Å². The monoisotopic (exact) mass is 345 g/mol. The maximum absolute atomic E-state index is 11.5. The number of carbonyl (C=O) groups excluding carboxylic acids is 2. The number of ether oxygens (including phenoxy) is 2. The van der Waals surface area contributed by atoms with Gasteiger partial charge in [-0.25, -0.2) is 4.79 Å². The van der Waals surface area contributed by atoms with Crippen molar-refractivity contribution in [1.29, 1.82) is 0 Å². The minimum Gasteiger partial charge on any atom is -0.431 e. The number of carbonyl (C=O) groups is 2. The van der Waals surface area contributed by atoms with Crippen molar-refractivity contribution >= 4 is 18.2 Å². The van der Waals surface area contributed by atoms with Crippen molar-refractivity contribution in [3.8, 4) is 0 Å². The first-order valence-corrected chi connectivity index (χ1v) is 7.28. The highest BCUT2D eigenvalue weighted by Gasteiger charge is 2.36. The van der Waals surface area contributed by atoms with E-state index in [0.29, 0.717) is 19.3 Å². The molecule has 0 aromatic heterocycles. The lowest BCUT2D eigenvalue weighted by molar-refractivity contribution is -0.209. The number of aliphatic hydroxyl groups excluding tert-OH is 1. The SMILES string of the molecule is CN(/C=C\C(=NO)NC=O)C1CCC(C(O)OC(=O)C(C)(C)O)O1. The van der Waals surface area contributed by atoms with Crippen LogP contribution in [0.5, 0.6) is 0 Å². The van der Waals surface area contributed by atoms with Gasteiger partial charge >= 0.3 is 5.97 Å². The lowest BCUT2D eigenvalue weighted by atomic mass is 10.1. The summed E-state index contributed by atoms with van der Waals surface area (Å²) >= 11 is 0. The number of esters is 1. The Kier molecular flexibility index (Phi) is 7.14. The Balaban J connectivity index is 2.54. The molecule has 4 N–H and O–H groups in total. The number of aliphatic hydroxyl groups is 2. The number of hydrogen-bond acceptors (Lipinski definition) is 9. The highest BCUT2D eigenvalue weighted by atomic mass is 16.7. The fourth-order valence-electron chi connectivity index (χ4n) is 1.94. The van der Waals surface area contributed by atoms with Gasteiger partial charge in [0.05, 0.1) is 0 Å². The van der Waals surface area contributed by atoms with Gasteiger partial charge in [-0.15, -0.1) is 0 Å². The number of hydrogen-bond donors (Lipinski definition) is 4. The number of amides is 1. The Bertz CT molecular complexity index is 501. The van der Waals surface area contributed by atoms with Crippen LogP contribution in [0, 0.1) is 0 Å². The molecular formula is C14H23N3O7. The fraction of sp³-hybridized carbons (Fsp3) is 0.643. The number of nitrogens with zero attached hydrogens (tertiary/aromatic N) is 2. The van der Waals surface area contributed by atoms with Crippen LogP contribution in [0.4, 0.5) is 0 Å². The van der Waals surface area contributed by atoms with Gasteiger partial charge in [0.25, 0.3) is 0 Å². The molecule has 1 aliphatic heterocycles. The lowest BCUT2D eigenvalue weighted by Crippen LogP contribution is -2.40. The van der Waals surface area contributed by atoms with Crippen molar-refractivity contribution in [2.24, 2.45) is 5.16 Å². The molecule has 0 saturated carbocycles. The van der Waals surface area contributed by atoms with Gasteiger partial charge in [0, 0.05) is 19.3 Å². The van der Waals surface area contributed by atoms with Crippen LogP contribution in [-0.4, -0.2) is 69.8 Å². The summed E-state index contributed by atoms with van der Waals surface area (Å²) in [4.78, 5) is 23.5. The number of oxime groups is 1. The Hall–Kier alpha value is -2.17. The molecule has 0 aliphatic carbocycles.